The van der Waals surface area contributed by atoms with Crippen LogP contribution >= 0.6 is 0 Å². The summed E-state index contributed by atoms with van der Waals surface area (Å²) in [5.74, 6) is 0.477. The van der Waals surface area contributed by atoms with Gasteiger partial charge >= 0.3 is 0 Å². The molecule has 1 saturated carbocycles. The van der Waals surface area contributed by atoms with Crippen LogP contribution < -0.4 is 10.0 Å². The number of nitrogens with one attached hydrogen (secondary N) is 2. The number of hydrogen-bond acceptors (Lipinski definition) is 3. The average Bonchev–Trinajstić information content (AvgIpc) is 2.99. The van der Waals surface area contributed by atoms with Gasteiger partial charge in [0.15, 0.2) is 0 Å². The topological polar surface area (TPSA) is 58.2 Å². The van der Waals surface area contributed by atoms with Gasteiger partial charge in [0, 0.05) is 12.6 Å². The molecule has 1 aliphatic rings. The Bertz CT molecular complexity index is 551. The Balaban J connectivity index is 2.07. The van der Waals surface area contributed by atoms with Crippen LogP contribution in [0.25, 0.3) is 0 Å². The van der Waals surface area contributed by atoms with E-state index in [1.807, 2.05) is 26.0 Å². The molecule has 1 atom stereocenters. The van der Waals surface area contributed by atoms with Gasteiger partial charge in [0.25, 0.3) is 0 Å². The molecule has 1 fully saturated rings. The molecule has 118 valence electrons. The lowest BCUT2D eigenvalue weighted by Gasteiger charge is -2.20. The highest BCUT2D eigenvalue weighted by molar-refractivity contribution is 7.89. The number of hydrogen-bond donors (Lipinski definition) is 2. The Hall–Kier alpha value is -0.910. The van der Waals surface area contributed by atoms with Gasteiger partial charge in [-0.3, -0.25) is 0 Å². The zero-order valence-electron chi connectivity index (χ0n) is 12.9. The Kier molecular flexibility index (Phi) is 5.79. The molecule has 1 unspecified atom stereocenters. The Morgan fingerprint density at radius 1 is 1.29 bits per heavy atom. The summed E-state index contributed by atoms with van der Waals surface area (Å²) in [6, 6.07) is 7.18. The van der Waals surface area contributed by atoms with Crippen LogP contribution in [0.4, 0.5) is 0 Å². The molecule has 0 amide bonds. The van der Waals surface area contributed by atoms with Crippen molar-refractivity contribution in [3.8, 4) is 0 Å². The third-order valence-corrected chi connectivity index (χ3v) is 5.79. The fourth-order valence-corrected chi connectivity index (χ4v) is 4.34. The van der Waals surface area contributed by atoms with Crippen LogP contribution in [0.5, 0.6) is 0 Å². The van der Waals surface area contributed by atoms with Crippen molar-refractivity contribution >= 4 is 10.0 Å². The normalized spacial score (nSPS) is 18.0. The maximum Gasteiger partial charge on any atom is 0.240 e. The zero-order valence-corrected chi connectivity index (χ0v) is 13.7. The van der Waals surface area contributed by atoms with E-state index in [4.69, 9.17) is 0 Å². The third kappa shape index (κ3) is 4.53. The van der Waals surface area contributed by atoms with Crippen LogP contribution in [0.2, 0.25) is 0 Å². The summed E-state index contributed by atoms with van der Waals surface area (Å²) in [4.78, 5) is 0.364. The largest absolute Gasteiger partial charge is 0.313 e. The molecule has 0 heterocycles. The van der Waals surface area contributed by atoms with Crippen LogP contribution in [-0.2, 0) is 16.6 Å². The summed E-state index contributed by atoms with van der Waals surface area (Å²) in [5.41, 5.74) is 0.994. The quantitative estimate of drug-likeness (QED) is 0.814. The molecular formula is C16H26N2O2S. The molecule has 4 nitrogen and oxygen atoms in total. The summed E-state index contributed by atoms with van der Waals surface area (Å²) >= 11 is 0. The molecule has 5 heteroatoms. The second kappa shape index (κ2) is 7.38. The molecule has 2 rings (SSSR count). The van der Waals surface area contributed by atoms with Crippen LogP contribution in [0.3, 0.4) is 0 Å². The predicted molar refractivity (Wildman–Crippen MR) is 85.6 cm³/mol. The smallest absolute Gasteiger partial charge is 0.240 e. The lowest BCUT2D eigenvalue weighted by molar-refractivity contribution is 0.424. The van der Waals surface area contributed by atoms with E-state index < -0.39 is 10.0 Å². The second-order valence-electron chi connectivity index (χ2n) is 5.88. The van der Waals surface area contributed by atoms with E-state index >= 15 is 0 Å². The molecule has 0 bridgehead atoms. The van der Waals surface area contributed by atoms with E-state index in [1.54, 1.807) is 12.1 Å². The SMILES string of the molecule is CCNCc1cccc(S(=O)(=O)NC(C)C2CCCC2)c1. The van der Waals surface area contributed by atoms with Crippen molar-refractivity contribution < 1.29 is 8.42 Å². The van der Waals surface area contributed by atoms with E-state index in [9.17, 15) is 8.42 Å². The number of benzene rings is 1. The second-order valence-corrected chi connectivity index (χ2v) is 7.60. The van der Waals surface area contributed by atoms with Gasteiger partial charge in [0.1, 0.15) is 0 Å². The standard InChI is InChI=1S/C16H26N2O2S/c1-3-17-12-14-7-6-10-16(11-14)21(19,20)18-13(2)15-8-4-5-9-15/h6-7,10-11,13,15,17-18H,3-5,8-9,12H2,1-2H3. The number of sulfonamides is 1. The van der Waals surface area contributed by atoms with Crippen LogP contribution in [0.1, 0.15) is 45.1 Å². The van der Waals surface area contributed by atoms with Crippen molar-refractivity contribution in [2.24, 2.45) is 5.92 Å². The molecule has 0 radical (unpaired) electrons. The molecule has 0 aromatic heterocycles. The van der Waals surface area contributed by atoms with Gasteiger partial charge in [-0.15, -0.1) is 0 Å². The maximum atomic E-state index is 12.5. The van der Waals surface area contributed by atoms with Crippen LogP contribution in [0.15, 0.2) is 29.2 Å². The monoisotopic (exact) mass is 310 g/mol. The van der Waals surface area contributed by atoms with Crippen molar-refractivity contribution in [2.75, 3.05) is 6.54 Å². The molecule has 2 N–H and O–H groups in total. The van der Waals surface area contributed by atoms with Crippen molar-refractivity contribution in [3.63, 3.8) is 0 Å². The Labute approximate surface area is 128 Å². The van der Waals surface area contributed by atoms with E-state index in [0.29, 0.717) is 17.4 Å². The molecule has 1 aromatic rings. The highest BCUT2D eigenvalue weighted by Crippen LogP contribution is 2.28. The Morgan fingerprint density at radius 2 is 2.00 bits per heavy atom. The van der Waals surface area contributed by atoms with Crippen LogP contribution in [-0.4, -0.2) is 21.0 Å². The maximum absolute atomic E-state index is 12.5. The van der Waals surface area contributed by atoms with Gasteiger partial charge in [-0.2, -0.15) is 0 Å². The predicted octanol–water partition coefficient (Wildman–Crippen LogP) is 2.65. The summed E-state index contributed by atoms with van der Waals surface area (Å²) < 4.78 is 27.8. The fraction of sp³-hybridized carbons (Fsp3) is 0.625. The molecule has 1 aliphatic carbocycles. The van der Waals surface area contributed by atoms with E-state index in [-0.39, 0.29) is 6.04 Å². The first-order chi connectivity index (χ1) is 10.0. The first kappa shape index (κ1) is 16.5. The van der Waals surface area contributed by atoms with Crippen molar-refractivity contribution in [3.05, 3.63) is 29.8 Å². The summed E-state index contributed by atoms with van der Waals surface area (Å²) in [5, 5.41) is 3.21. The minimum Gasteiger partial charge on any atom is -0.313 e. The third-order valence-electron chi connectivity index (χ3n) is 4.24. The highest BCUT2D eigenvalue weighted by atomic mass is 32.2. The summed E-state index contributed by atoms with van der Waals surface area (Å²) in [7, 11) is -3.42. The minimum atomic E-state index is -3.42. The van der Waals surface area contributed by atoms with E-state index in [2.05, 4.69) is 10.0 Å². The number of rotatable bonds is 7. The van der Waals surface area contributed by atoms with E-state index in [0.717, 1.165) is 24.9 Å². The van der Waals surface area contributed by atoms with Crippen molar-refractivity contribution in [1.29, 1.82) is 0 Å². The summed E-state index contributed by atoms with van der Waals surface area (Å²) in [6.45, 7) is 5.58. The van der Waals surface area contributed by atoms with Gasteiger partial charge in [-0.05, 0) is 49.9 Å². The Morgan fingerprint density at radius 3 is 2.67 bits per heavy atom. The van der Waals surface area contributed by atoms with Gasteiger partial charge in [0.2, 0.25) is 10.0 Å². The lowest BCUT2D eigenvalue weighted by Crippen LogP contribution is -2.37. The van der Waals surface area contributed by atoms with Crippen LogP contribution in [0, 0.1) is 5.92 Å². The molecule has 1 aromatic carbocycles. The average molecular weight is 310 g/mol. The lowest BCUT2D eigenvalue weighted by atomic mass is 10.0. The first-order valence-corrected chi connectivity index (χ1v) is 9.33. The molecule has 0 spiro atoms. The molecule has 0 saturated heterocycles. The molecule has 21 heavy (non-hydrogen) atoms. The van der Waals surface area contributed by atoms with Crippen molar-refractivity contribution in [1.82, 2.24) is 10.0 Å². The molecule has 0 aliphatic heterocycles. The van der Waals surface area contributed by atoms with Crippen molar-refractivity contribution in [2.45, 2.75) is 57.0 Å². The fourth-order valence-electron chi connectivity index (χ4n) is 2.96. The van der Waals surface area contributed by atoms with E-state index in [1.165, 1.54) is 12.8 Å². The molecular weight excluding hydrogens is 284 g/mol. The van der Waals surface area contributed by atoms with Gasteiger partial charge < -0.3 is 5.32 Å². The summed E-state index contributed by atoms with van der Waals surface area (Å²) in [6.07, 6.45) is 4.69. The van der Waals surface area contributed by atoms with Gasteiger partial charge in [0.05, 0.1) is 4.90 Å². The van der Waals surface area contributed by atoms with Gasteiger partial charge in [-0.1, -0.05) is 31.9 Å². The highest BCUT2D eigenvalue weighted by Gasteiger charge is 2.26. The first-order valence-electron chi connectivity index (χ1n) is 7.85. The minimum absolute atomic E-state index is 0.00919. The van der Waals surface area contributed by atoms with Gasteiger partial charge in [-0.25, -0.2) is 13.1 Å². The zero-order chi connectivity index (χ0) is 15.3.